The average molecular weight is 374 g/mol. The largest absolute Gasteiger partial charge is 0.413 e. The first-order chi connectivity index (χ1) is 10.0. The minimum absolute atomic E-state index is 0.00353. The zero-order chi connectivity index (χ0) is 15.4. The highest BCUT2D eigenvalue weighted by Crippen LogP contribution is 2.30. The van der Waals surface area contributed by atoms with Crippen molar-refractivity contribution < 1.29 is 14.3 Å². The number of H-pyrrole nitrogens is 1. The maximum absolute atomic E-state index is 12.1. The van der Waals surface area contributed by atoms with Crippen molar-refractivity contribution in [2.45, 2.75) is 0 Å². The van der Waals surface area contributed by atoms with Gasteiger partial charge in [0.05, 0.1) is 10.6 Å². The predicted octanol–water partition coefficient (Wildman–Crippen LogP) is 2.80. The quantitative estimate of drug-likeness (QED) is 0.771. The van der Waals surface area contributed by atoms with E-state index in [0.717, 1.165) is 0 Å². The molecule has 0 unspecified atom stereocenters. The number of aromatic nitrogens is 2. The molecule has 0 radical (unpaired) electrons. The molecule has 0 saturated heterocycles. The van der Waals surface area contributed by atoms with E-state index in [1.807, 2.05) is 0 Å². The maximum atomic E-state index is 12.1. The van der Waals surface area contributed by atoms with E-state index in [2.05, 4.69) is 36.8 Å². The number of amides is 2. The fraction of sp³-hybridized carbons (Fsp3) is 0.0833. The Morgan fingerprint density at radius 3 is 2.76 bits per heavy atom. The van der Waals surface area contributed by atoms with Gasteiger partial charge in [0, 0.05) is 7.05 Å². The van der Waals surface area contributed by atoms with Crippen LogP contribution in [0.4, 0.5) is 10.6 Å². The number of halogens is 2. The first-order valence-electron chi connectivity index (χ1n) is 5.72. The number of rotatable bonds is 3. The molecule has 3 N–H and O–H groups in total. The average Bonchev–Trinajstić information content (AvgIpc) is 2.80. The summed E-state index contributed by atoms with van der Waals surface area (Å²) >= 11 is 9.12. The van der Waals surface area contributed by atoms with Gasteiger partial charge in [-0.3, -0.25) is 9.89 Å². The molecule has 0 fully saturated rings. The molecule has 1 aromatic carbocycles. The molecule has 1 aromatic heterocycles. The topological polar surface area (TPSA) is 96.1 Å². The van der Waals surface area contributed by atoms with Crippen molar-refractivity contribution >= 4 is 45.3 Å². The molecule has 0 bridgehead atoms. The van der Waals surface area contributed by atoms with Crippen molar-refractivity contribution in [3.05, 3.63) is 39.3 Å². The second-order valence-electron chi connectivity index (χ2n) is 3.79. The summed E-state index contributed by atoms with van der Waals surface area (Å²) in [4.78, 5) is 23.2. The van der Waals surface area contributed by atoms with Gasteiger partial charge in [-0.25, -0.2) is 4.79 Å². The van der Waals surface area contributed by atoms with Crippen LogP contribution < -0.4 is 15.4 Å². The van der Waals surface area contributed by atoms with Gasteiger partial charge >= 0.3 is 6.09 Å². The first kappa shape index (κ1) is 15.3. The summed E-state index contributed by atoms with van der Waals surface area (Å²) < 4.78 is 5.18. The summed E-state index contributed by atoms with van der Waals surface area (Å²) in [7, 11) is 1.42. The Labute approximate surface area is 133 Å². The molecule has 0 aliphatic heterocycles. The summed E-state index contributed by atoms with van der Waals surface area (Å²) in [6.45, 7) is 0. The lowest BCUT2D eigenvalue weighted by Crippen LogP contribution is -2.22. The summed E-state index contributed by atoms with van der Waals surface area (Å²) in [5.41, 5.74) is 0.314. The van der Waals surface area contributed by atoms with Gasteiger partial charge in [-0.1, -0.05) is 23.7 Å². The van der Waals surface area contributed by atoms with Crippen LogP contribution in [-0.4, -0.2) is 29.2 Å². The fourth-order valence-corrected chi connectivity index (χ4v) is 2.01. The van der Waals surface area contributed by atoms with Crippen molar-refractivity contribution in [1.82, 2.24) is 15.5 Å². The number of nitrogens with one attached hydrogen (secondary N) is 3. The van der Waals surface area contributed by atoms with Crippen LogP contribution >= 0.6 is 27.5 Å². The monoisotopic (exact) mass is 372 g/mol. The minimum atomic E-state index is -0.675. The van der Waals surface area contributed by atoms with Crippen molar-refractivity contribution in [3.8, 4) is 5.88 Å². The fourth-order valence-electron chi connectivity index (χ4n) is 1.43. The Hall–Kier alpha value is -2.06. The Morgan fingerprint density at radius 1 is 1.38 bits per heavy atom. The molecule has 9 heteroatoms. The van der Waals surface area contributed by atoms with Gasteiger partial charge < -0.3 is 15.4 Å². The molecule has 21 heavy (non-hydrogen) atoms. The number of aromatic amines is 1. The number of nitrogens with zero attached hydrogens (tertiary/aromatic N) is 1. The third kappa shape index (κ3) is 3.53. The summed E-state index contributed by atoms with van der Waals surface area (Å²) in [6, 6.07) is 6.62. The van der Waals surface area contributed by atoms with Crippen molar-refractivity contribution in [3.63, 3.8) is 0 Å². The second-order valence-corrected chi connectivity index (χ2v) is 4.99. The summed E-state index contributed by atoms with van der Waals surface area (Å²) in [5, 5.41) is 11.5. The van der Waals surface area contributed by atoms with Crippen molar-refractivity contribution in [2.24, 2.45) is 0 Å². The Kier molecular flexibility index (Phi) is 4.81. The summed E-state index contributed by atoms with van der Waals surface area (Å²) in [6.07, 6.45) is -0.675. The smallest absolute Gasteiger partial charge is 0.388 e. The minimum Gasteiger partial charge on any atom is -0.388 e. The molecule has 0 saturated carbocycles. The lowest BCUT2D eigenvalue weighted by atomic mass is 10.2. The van der Waals surface area contributed by atoms with E-state index in [0.29, 0.717) is 15.1 Å². The van der Waals surface area contributed by atoms with Gasteiger partial charge in [0.15, 0.2) is 0 Å². The Bertz CT molecular complexity index is 689. The number of hydrogen-bond acceptors (Lipinski definition) is 4. The molecule has 110 valence electrons. The van der Waals surface area contributed by atoms with Crippen LogP contribution in [0.15, 0.2) is 28.7 Å². The molecule has 0 aliphatic rings. The molecule has 0 aliphatic carbocycles. The van der Waals surface area contributed by atoms with E-state index in [1.54, 1.807) is 24.3 Å². The Balaban J connectivity index is 2.15. The predicted molar refractivity (Wildman–Crippen MR) is 80.8 cm³/mol. The van der Waals surface area contributed by atoms with Crippen LogP contribution in [0.2, 0.25) is 5.02 Å². The number of anilines is 1. The molecule has 0 spiro atoms. The van der Waals surface area contributed by atoms with Gasteiger partial charge in [-0.15, -0.1) is 5.10 Å². The molecule has 1 heterocycles. The van der Waals surface area contributed by atoms with Crippen LogP contribution in [0.25, 0.3) is 0 Å². The van der Waals surface area contributed by atoms with Crippen LogP contribution in [-0.2, 0) is 0 Å². The van der Waals surface area contributed by atoms with Crippen LogP contribution in [0.3, 0.4) is 0 Å². The third-order valence-electron chi connectivity index (χ3n) is 2.43. The van der Waals surface area contributed by atoms with Crippen molar-refractivity contribution in [1.29, 1.82) is 0 Å². The van der Waals surface area contributed by atoms with E-state index in [9.17, 15) is 9.59 Å². The number of ether oxygens (including phenoxy) is 1. The zero-order valence-corrected chi connectivity index (χ0v) is 13.1. The molecule has 7 nitrogen and oxygen atoms in total. The van der Waals surface area contributed by atoms with Gasteiger partial charge in [0.2, 0.25) is 0 Å². The van der Waals surface area contributed by atoms with Gasteiger partial charge in [-0.2, -0.15) is 0 Å². The molecular formula is C12H10BrClN4O3. The lowest BCUT2D eigenvalue weighted by Gasteiger charge is -2.05. The second kappa shape index (κ2) is 6.59. The standard InChI is InChI=1S/C12H10BrClN4O3/c1-15-12(20)21-11-8(13)9(17-18-11)16-10(19)6-4-2-3-5-7(6)14/h2-5H,1H3,(H,15,20)(H2,16,17,18,19). The number of hydrogen-bond donors (Lipinski definition) is 3. The lowest BCUT2D eigenvalue weighted by molar-refractivity contribution is 0.102. The van der Waals surface area contributed by atoms with E-state index in [4.69, 9.17) is 16.3 Å². The molecule has 2 rings (SSSR count). The third-order valence-corrected chi connectivity index (χ3v) is 3.49. The van der Waals surface area contributed by atoms with E-state index in [-0.39, 0.29) is 11.7 Å². The summed E-state index contributed by atoms with van der Waals surface area (Å²) in [5.74, 6) is -0.168. The SMILES string of the molecule is CNC(=O)Oc1n[nH]c(NC(=O)c2ccccc2Cl)c1Br. The van der Waals surface area contributed by atoms with Crippen LogP contribution in [0.1, 0.15) is 10.4 Å². The highest BCUT2D eigenvalue weighted by atomic mass is 79.9. The van der Waals surface area contributed by atoms with Crippen molar-refractivity contribution in [2.75, 3.05) is 12.4 Å². The van der Waals surface area contributed by atoms with E-state index < -0.39 is 12.0 Å². The Morgan fingerprint density at radius 2 is 2.10 bits per heavy atom. The number of carbonyl (C=O) groups excluding carboxylic acids is 2. The molecule has 0 atom stereocenters. The number of benzene rings is 1. The van der Waals surface area contributed by atoms with E-state index >= 15 is 0 Å². The first-order valence-corrected chi connectivity index (χ1v) is 6.89. The normalized spacial score (nSPS) is 10.0. The molecule has 2 aromatic rings. The van der Waals surface area contributed by atoms with Crippen LogP contribution in [0.5, 0.6) is 5.88 Å². The van der Waals surface area contributed by atoms with Gasteiger partial charge in [-0.05, 0) is 28.1 Å². The van der Waals surface area contributed by atoms with Crippen LogP contribution in [0, 0.1) is 0 Å². The molecule has 2 amide bonds. The highest BCUT2D eigenvalue weighted by Gasteiger charge is 2.18. The van der Waals surface area contributed by atoms with E-state index in [1.165, 1.54) is 7.05 Å². The molecular weight excluding hydrogens is 364 g/mol. The van der Waals surface area contributed by atoms with Gasteiger partial charge in [0.1, 0.15) is 10.3 Å². The van der Waals surface area contributed by atoms with Gasteiger partial charge in [0.25, 0.3) is 11.8 Å². The maximum Gasteiger partial charge on any atom is 0.413 e. The number of carbonyl (C=O) groups is 2. The zero-order valence-electron chi connectivity index (χ0n) is 10.7. The highest BCUT2D eigenvalue weighted by molar-refractivity contribution is 9.10.